The number of hydrogen-bond donors (Lipinski definition) is 0. The van der Waals surface area contributed by atoms with Crippen molar-refractivity contribution < 1.29 is 28.6 Å². The number of ether oxygens (including phenoxy) is 3. The molecule has 1 aromatic rings. The van der Waals surface area contributed by atoms with Gasteiger partial charge in [-0.05, 0) is 56.7 Å². The van der Waals surface area contributed by atoms with Gasteiger partial charge in [-0.3, -0.25) is 14.4 Å². The molecule has 1 aromatic carbocycles. The van der Waals surface area contributed by atoms with E-state index < -0.39 is 0 Å². The van der Waals surface area contributed by atoms with Gasteiger partial charge in [0.15, 0.2) is 11.5 Å². The lowest BCUT2D eigenvalue weighted by molar-refractivity contribution is -0.152. The van der Waals surface area contributed by atoms with E-state index in [0.29, 0.717) is 50.7 Å². The van der Waals surface area contributed by atoms with E-state index in [1.54, 1.807) is 21.1 Å². The van der Waals surface area contributed by atoms with Crippen molar-refractivity contribution in [3.05, 3.63) is 23.8 Å². The van der Waals surface area contributed by atoms with Gasteiger partial charge in [-0.25, -0.2) is 0 Å². The van der Waals surface area contributed by atoms with Crippen molar-refractivity contribution in [3.63, 3.8) is 0 Å². The van der Waals surface area contributed by atoms with Crippen molar-refractivity contribution in [2.45, 2.75) is 57.8 Å². The molecule has 0 bridgehead atoms. The fraction of sp³-hybridized carbons (Fsp3) is 0.679. The molecule has 8 heteroatoms. The first-order chi connectivity index (χ1) is 17.4. The van der Waals surface area contributed by atoms with E-state index in [4.69, 9.17) is 14.2 Å². The number of carbonyl (C=O) groups excluding carboxylic acids is 3. The van der Waals surface area contributed by atoms with Crippen LogP contribution in [0.4, 0.5) is 0 Å². The first-order valence-electron chi connectivity index (χ1n) is 13.4. The van der Waals surface area contributed by atoms with Crippen LogP contribution in [0.5, 0.6) is 11.5 Å². The molecule has 0 unspecified atom stereocenters. The molecule has 1 saturated carbocycles. The number of esters is 1. The molecule has 2 heterocycles. The van der Waals surface area contributed by atoms with Crippen LogP contribution < -0.4 is 9.47 Å². The van der Waals surface area contributed by atoms with Crippen LogP contribution in [0.2, 0.25) is 0 Å². The Hall–Kier alpha value is -2.77. The third-order valence-corrected chi connectivity index (χ3v) is 8.05. The van der Waals surface area contributed by atoms with Gasteiger partial charge in [0.2, 0.25) is 11.8 Å². The fourth-order valence-electron chi connectivity index (χ4n) is 6.13. The second kappa shape index (κ2) is 12.0. The highest BCUT2D eigenvalue weighted by atomic mass is 16.5. The lowest BCUT2D eigenvalue weighted by atomic mass is 9.82. The summed E-state index contributed by atoms with van der Waals surface area (Å²) in [6, 6.07) is 5.86. The number of likely N-dealkylation sites (tertiary alicyclic amines) is 2. The number of amides is 2. The quantitative estimate of drug-likeness (QED) is 0.532. The Balaban J connectivity index is 1.55. The van der Waals surface area contributed by atoms with Crippen LogP contribution in [0.25, 0.3) is 0 Å². The lowest BCUT2D eigenvalue weighted by Gasteiger charge is -2.41. The van der Waals surface area contributed by atoms with Crippen LogP contribution >= 0.6 is 0 Å². The van der Waals surface area contributed by atoms with Crippen LogP contribution in [0, 0.1) is 17.8 Å². The Labute approximate surface area is 214 Å². The molecule has 36 heavy (non-hydrogen) atoms. The van der Waals surface area contributed by atoms with Crippen molar-refractivity contribution in [2.24, 2.45) is 17.8 Å². The van der Waals surface area contributed by atoms with Crippen molar-refractivity contribution in [3.8, 4) is 11.5 Å². The monoisotopic (exact) mass is 500 g/mol. The summed E-state index contributed by atoms with van der Waals surface area (Å²) in [5.41, 5.74) is 1.04. The van der Waals surface area contributed by atoms with Gasteiger partial charge >= 0.3 is 5.97 Å². The Morgan fingerprint density at radius 3 is 2.19 bits per heavy atom. The predicted molar refractivity (Wildman–Crippen MR) is 135 cm³/mol. The number of rotatable bonds is 7. The van der Waals surface area contributed by atoms with E-state index in [0.717, 1.165) is 44.1 Å². The SMILES string of the molecule is CCOC(=O)[C@@H]1CCCN(C(=O)[C@@H]2C[C@H](c3ccc(OC)c(OC)c3)CN(C(=O)C3CCCC3)C2)C1. The fourth-order valence-corrected chi connectivity index (χ4v) is 6.13. The van der Waals surface area contributed by atoms with Crippen molar-refractivity contribution >= 4 is 17.8 Å². The number of carbonyl (C=O) groups is 3. The van der Waals surface area contributed by atoms with E-state index in [2.05, 4.69) is 0 Å². The van der Waals surface area contributed by atoms with Gasteiger partial charge in [0.25, 0.3) is 0 Å². The van der Waals surface area contributed by atoms with Crippen molar-refractivity contribution in [1.29, 1.82) is 0 Å². The largest absolute Gasteiger partial charge is 0.493 e. The average molecular weight is 501 g/mol. The van der Waals surface area contributed by atoms with Gasteiger partial charge in [0.1, 0.15) is 0 Å². The minimum atomic E-state index is -0.303. The molecule has 8 nitrogen and oxygen atoms in total. The maximum atomic E-state index is 13.8. The van der Waals surface area contributed by atoms with Gasteiger partial charge in [0.05, 0.1) is 32.7 Å². The Kier molecular flexibility index (Phi) is 8.75. The highest BCUT2D eigenvalue weighted by Gasteiger charge is 2.40. The van der Waals surface area contributed by atoms with Crippen LogP contribution in [0.15, 0.2) is 18.2 Å². The summed E-state index contributed by atoms with van der Waals surface area (Å²) < 4.78 is 16.1. The molecule has 3 atom stereocenters. The second-order valence-electron chi connectivity index (χ2n) is 10.3. The van der Waals surface area contributed by atoms with E-state index in [-0.39, 0.29) is 41.5 Å². The van der Waals surface area contributed by atoms with Gasteiger partial charge in [0, 0.05) is 38.0 Å². The second-order valence-corrected chi connectivity index (χ2v) is 10.3. The third kappa shape index (κ3) is 5.79. The molecule has 198 valence electrons. The molecule has 2 aliphatic heterocycles. The molecule has 1 aliphatic carbocycles. The number of methoxy groups -OCH3 is 2. The summed E-state index contributed by atoms with van der Waals surface area (Å²) in [7, 11) is 3.22. The van der Waals surface area contributed by atoms with Crippen molar-refractivity contribution in [2.75, 3.05) is 47.0 Å². The normalized spacial score (nSPS) is 24.9. The summed E-state index contributed by atoms with van der Waals surface area (Å²) in [5.74, 6) is 0.799. The summed E-state index contributed by atoms with van der Waals surface area (Å²) in [6.07, 6.45) is 6.23. The van der Waals surface area contributed by atoms with Crippen LogP contribution in [-0.2, 0) is 19.1 Å². The standard InChI is InChI=1S/C28H40N2O6/c1-4-36-28(33)21-10-7-13-29(16-21)27(32)23-14-22(20-11-12-24(34-2)25(15-20)35-3)17-30(18-23)26(31)19-8-5-6-9-19/h11-12,15,19,21-23H,4-10,13-14,16-18H2,1-3H3/t21-,22+,23-/m1/s1. The summed E-state index contributed by atoms with van der Waals surface area (Å²) in [4.78, 5) is 43.3. The number of nitrogens with zero attached hydrogens (tertiary/aromatic N) is 2. The molecule has 2 saturated heterocycles. The van der Waals surface area contributed by atoms with Crippen LogP contribution in [0.3, 0.4) is 0 Å². The van der Waals surface area contributed by atoms with Crippen molar-refractivity contribution in [1.82, 2.24) is 9.80 Å². The maximum Gasteiger partial charge on any atom is 0.310 e. The average Bonchev–Trinajstić information content (AvgIpc) is 3.47. The summed E-state index contributed by atoms with van der Waals surface area (Å²) in [6.45, 7) is 4.22. The number of hydrogen-bond acceptors (Lipinski definition) is 6. The van der Waals surface area contributed by atoms with Crippen LogP contribution in [0.1, 0.15) is 63.4 Å². The molecule has 0 spiro atoms. The number of benzene rings is 1. The molecule has 4 rings (SSSR count). The molecular formula is C28H40N2O6. The van der Waals surface area contributed by atoms with E-state index in [9.17, 15) is 14.4 Å². The molecule has 0 N–H and O–H groups in total. The molecule has 3 fully saturated rings. The van der Waals surface area contributed by atoms with Gasteiger partial charge in [-0.1, -0.05) is 18.9 Å². The minimum absolute atomic E-state index is 0.0171. The molecular weight excluding hydrogens is 460 g/mol. The summed E-state index contributed by atoms with van der Waals surface area (Å²) >= 11 is 0. The smallest absolute Gasteiger partial charge is 0.310 e. The van der Waals surface area contributed by atoms with Gasteiger partial charge in [-0.15, -0.1) is 0 Å². The van der Waals surface area contributed by atoms with E-state index in [1.807, 2.05) is 28.0 Å². The highest BCUT2D eigenvalue weighted by Crippen LogP contribution is 2.38. The zero-order valence-electron chi connectivity index (χ0n) is 21.9. The van der Waals surface area contributed by atoms with Crippen LogP contribution in [-0.4, -0.2) is 74.6 Å². The Morgan fingerprint density at radius 2 is 1.50 bits per heavy atom. The highest BCUT2D eigenvalue weighted by molar-refractivity contribution is 5.83. The van der Waals surface area contributed by atoms with E-state index in [1.165, 1.54) is 0 Å². The number of piperidine rings is 2. The molecule has 0 radical (unpaired) electrons. The lowest BCUT2D eigenvalue weighted by Crippen LogP contribution is -2.52. The molecule has 0 aromatic heterocycles. The van der Waals surface area contributed by atoms with E-state index >= 15 is 0 Å². The predicted octanol–water partition coefficient (Wildman–Crippen LogP) is 3.63. The summed E-state index contributed by atoms with van der Waals surface area (Å²) in [5, 5.41) is 0. The van der Waals surface area contributed by atoms with Gasteiger partial charge in [-0.2, -0.15) is 0 Å². The molecule has 3 aliphatic rings. The third-order valence-electron chi connectivity index (χ3n) is 8.05. The minimum Gasteiger partial charge on any atom is -0.493 e. The Morgan fingerprint density at radius 1 is 0.833 bits per heavy atom. The first-order valence-corrected chi connectivity index (χ1v) is 13.4. The van der Waals surface area contributed by atoms with Gasteiger partial charge < -0.3 is 24.0 Å². The Bertz CT molecular complexity index is 944. The topological polar surface area (TPSA) is 85.4 Å². The zero-order valence-corrected chi connectivity index (χ0v) is 21.9. The first kappa shape index (κ1) is 26.3. The maximum absolute atomic E-state index is 13.8. The molecule has 2 amide bonds. The zero-order chi connectivity index (χ0) is 25.7.